The molecular weight excluding hydrogens is 240 g/mol. The highest BCUT2D eigenvalue weighted by Gasteiger charge is 2.22. The van der Waals surface area contributed by atoms with Crippen LogP contribution in [0.1, 0.15) is 51.5 Å². The number of carbonyl (C=O) groups excluding carboxylic acids is 1. The summed E-state index contributed by atoms with van der Waals surface area (Å²) in [6.45, 7) is 11.2. The number of nitrogens with one attached hydrogen (secondary N) is 2. The third-order valence-electron chi connectivity index (χ3n) is 3.10. The fraction of sp³-hybridized carbons (Fsp3) is 0.643. The van der Waals surface area contributed by atoms with Crippen molar-refractivity contribution in [3.05, 3.63) is 17.8 Å². The average molecular weight is 264 g/mol. The van der Waals surface area contributed by atoms with Gasteiger partial charge < -0.3 is 10.6 Å². The Hall–Kier alpha value is -1.65. The van der Waals surface area contributed by atoms with Gasteiger partial charge in [0.2, 0.25) is 0 Å². The van der Waals surface area contributed by atoms with E-state index in [1.807, 2.05) is 6.92 Å². The Balaban J connectivity index is 2.63. The maximum Gasteiger partial charge on any atom is 0.272 e. The topological polar surface area (TPSA) is 66.9 Å². The first-order valence-corrected chi connectivity index (χ1v) is 6.73. The minimum atomic E-state index is -0.183. The molecular formula is C14H24N4O. The largest absolute Gasteiger partial charge is 0.369 e. The van der Waals surface area contributed by atoms with Crippen LogP contribution >= 0.6 is 0 Å². The monoisotopic (exact) mass is 264 g/mol. The Morgan fingerprint density at radius 3 is 2.47 bits per heavy atom. The number of nitrogens with zero attached hydrogens (tertiary/aromatic N) is 2. The fourth-order valence-corrected chi connectivity index (χ4v) is 1.29. The standard InChI is InChI=1S/C14H24N4O/c1-6-9-15-12-8-7-11(17-18-12)13(19)16-10(2)14(3,4)5/h7-8,10H,6,9H2,1-5H3,(H,15,18)(H,16,19). The molecule has 0 saturated heterocycles. The van der Waals surface area contributed by atoms with Crippen molar-refractivity contribution in [1.82, 2.24) is 15.5 Å². The van der Waals surface area contributed by atoms with E-state index in [4.69, 9.17) is 0 Å². The summed E-state index contributed by atoms with van der Waals surface area (Å²) in [6, 6.07) is 3.54. The Morgan fingerprint density at radius 2 is 2.00 bits per heavy atom. The van der Waals surface area contributed by atoms with Crippen molar-refractivity contribution < 1.29 is 4.79 Å². The van der Waals surface area contributed by atoms with E-state index in [9.17, 15) is 4.79 Å². The lowest BCUT2D eigenvalue weighted by atomic mass is 9.88. The maximum absolute atomic E-state index is 12.0. The molecule has 5 nitrogen and oxygen atoms in total. The van der Waals surface area contributed by atoms with E-state index in [1.165, 1.54) is 0 Å². The van der Waals surface area contributed by atoms with Crippen molar-refractivity contribution in [2.75, 3.05) is 11.9 Å². The lowest BCUT2D eigenvalue weighted by Gasteiger charge is -2.27. The molecule has 1 amide bonds. The van der Waals surface area contributed by atoms with Crippen molar-refractivity contribution in [2.45, 2.75) is 47.1 Å². The quantitative estimate of drug-likeness (QED) is 0.857. The van der Waals surface area contributed by atoms with Crippen LogP contribution in [0.15, 0.2) is 12.1 Å². The summed E-state index contributed by atoms with van der Waals surface area (Å²) in [4.78, 5) is 12.0. The van der Waals surface area contributed by atoms with Gasteiger partial charge in [-0.15, -0.1) is 10.2 Å². The molecule has 1 aromatic heterocycles. The summed E-state index contributed by atoms with van der Waals surface area (Å²) in [5.74, 6) is 0.513. The first kappa shape index (κ1) is 15.4. The smallest absolute Gasteiger partial charge is 0.272 e. The van der Waals surface area contributed by atoms with E-state index < -0.39 is 0 Å². The van der Waals surface area contributed by atoms with E-state index in [0.29, 0.717) is 11.5 Å². The summed E-state index contributed by atoms with van der Waals surface area (Å²) < 4.78 is 0. The van der Waals surface area contributed by atoms with Gasteiger partial charge in [0, 0.05) is 12.6 Å². The van der Waals surface area contributed by atoms with Crippen LogP contribution in [-0.2, 0) is 0 Å². The highest BCUT2D eigenvalue weighted by Crippen LogP contribution is 2.18. The molecule has 0 saturated carbocycles. The first-order chi connectivity index (χ1) is 8.84. The maximum atomic E-state index is 12.0. The van der Waals surface area contributed by atoms with Crippen LogP contribution in [0.5, 0.6) is 0 Å². The van der Waals surface area contributed by atoms with Gasteiger partial charge >= 0.3 is 0 Å². The zero-order valence-corrected chi connectivity index (χ0v) is 12.4. The molecule has 1 heterocycles. The van der Waals surface area contributed by atoms with Crippen molar-refractivity contribution in [3.8, 4) is 0 Å². The predicted octanol–water partition coefficient (Wildman–Crippen LogP) is 2.46. The van der Waals surface area contributed by atoms with Gasteiger partial charge in [0.05, 0.1) is 0 Å². The molecule has 0 aliphatic carbocycles. The molecule has 0 aromatic carbocycles. The zero-order valence-electron chi connectivity index (χ0n) is 12.4. The molecule has 106 valence electrons. The second-order valence-electron chi connectivity index (χ2n) is 5.79. The minimum absolute atomic E-state index is 0.0196. The Morgan fingerprint density at radius 1 is 1.32 bits per heavy atom. The van der Waals surface area contributed by atoms with Gasteiger partial charge in [-0.05, 0) is 30.9 Å². The van der Waals surface area contributed by atoms with Gasteiger partial charge in [-0.3, -0.25) is 4.79 Å². The van der Waals surface area contributed by atoms with Crippen LogP contribution in [0, 0.1) is 5.41 Å². The van der Waals surface area contributed by atoms with Gasteiger partial charge in [0.15, 0.2) is 5.69 Å². The van der Waals surface area contributed by atoms with Gasteiger partial charge in [0.25, 0.3) is 5.91 Å². The Labute approximate surface area is 115 Å². The van der Waals surface area contributed by atoms with Crippen molar-refractivity contribution >= 4 is 11.7 Å². The summed E-state index contributed by atoms with van der Waals surface area (Å²) in [5.41, 5.74) is 0.365. The molecule has 5 heteroatoms. The van der Waals surface area contributed by atoms with Crippen molar-refractivity contribution in [3.63, 3.8) is 0 Å². The van der Waals surface area contributed by atoms with Crippen LogP contribution in [0.4, 0.5) is 5.82 Å². The number of hydrogen-bond donors (Lipinski definition) is 2. The zero-order chi connectivity index (χ0) is 14.5. The molecule has 1 unspecified atom stereocenters. The molecule has 1 atom stereocenters. The van der Waals surface area contributed by atoms with Crippen LogP contribution in [0.2, 0.25) is 0 Å². The molecule has 0 bridgehead atoms. The number of rotatable bonds is 5. The number of amides is 1. The normalized spacial score (nSPS) is 12.9. The highest BCUT2D eigenvalue weighted by molar-refractivity contribution is 5.92. The molecule has 1 rings (SSSR count). The second-order valence-corrected chi connectivity index (χ2v) is 5.79. The van der Waals surface area contributed by atoms with Crippen LogP contribution in [-0.4, -0.2) is 28.7 Å². The third-order valence-corrected chi connectivity index (χ3v) is 3.10. The summed E-state index contributed by atoms with van der Waals surface area (Å²) >= 11 is 0. The number of carbonyl (C=O) groups is 1. The average Bonchev–Trinajstić information content (AvgIpc) is 2.35. The number of anilines is 1. The van der Waals surface area contributed by atoms with E-state index in [-0.39, 0.29) is 17.4 Å². The van der Waals surface area contributed by atoms with Crippen LogP contribution in [0.3, 0.4) is 0 Å². The Bertz CT molecular complexity index is 408. The molecule has 0 fully saturated rings. The molecule has 0 aliphatic heterocycles. The molecule has 19 heavy (non-hydrogen) atoms. The molecule has 0 radical (unpaired) electrons. The summed E-state index contributed by atoms with van der Waals surface area (Å²) in [5, 5.41) is 14.0. The Kier molecular flexibility index (Phi) is 5.27. The molecule has 0 aliphatic rings. The van der Waals surface area contributed by atoms with E-state index in [0.717, 1.165) is 13.0 Å². The molecule has 1 aromatic rings. The molecule has 2 N–H and O–H groups in total. The fourth-order valence-electron chi connectivity index (χ4n) is 1.29. The van der Waals surface area contributed by atoms with E-state index >= 15 is 0 Å². The first-order valence-electron chi connectivity index (χ1n) is 6.73. The third kappa shape index (κ3) is 4.85. The summed E-state index contributed by atoms with van der Waals surface area (Å²) in [7, 11) is 0. The lowest BCUT2D eigenvalue weighted by Crippen LogP contribution is -2.41. The second kappa shape index (κ2) is 6.50. The minimum Gasteiger partial charge on any atom is -0.369 e. The number of aromatic nitrogens is 2. The van der Waals surface area contributed by atoms with Gasteiger partial charge in [0.1, 0.15) is 5.82 Å². The SMILES string of the molecule is CCCNc1ccc(C(=O)NC(C)C(C)(C)C)nn1. The van der Waals surface area contributed by atoms with E-state index in [1.54, 1.807) is 12.1 Å². The molecule has 0 spiro atoms. The van der Waals surface area contributed by atoms with Gasteiger partial charge in [-0.1, -0.05) is 27.7 Å². The van der Waals surface area contributed by atoms with E-state index in [2.05, 4.69) is 48.5 Å². The van der Waals surface area contributed by atoms with Crippen molar-refractivity contribution in [2.24, 2.45) is 5.41 Å². The highest BCUT2D eigenvalue weighted by atomic mass is 16.2. The number of hydrogen-bond acceptors (Lipinski definition) is 4. The van der Waals surface area contributed by atoms with Crippen LogP contribution < -0.4 is 10.6 Å². The van der Waals surface area contributed by atoms with Crippen molar-refractivity contribution in [1.29, 1.82) is 0 Å². The lowest BCUT2D eigenvalue weighted by molar-refractivity contribution is 0.0904. The van der Waals surface area contributed by atoms with Gasteiger partial charge in [-0.25, -0.2) is 0 Å². The van der Waals surface area contributed by atoms with Gasteiger partial charge in [-0.2, -0.15) is 0 Å². The van der Waals surface area contributed by atoms with Crippen LogP contribution in [0.25, 0.3) is 0 Å². The summed E-state index contributed by atoms with van der Waals surface area (Å²) in [6.07, 6.45) is 1.02. The predicted molar refractivity (Wildman–Crippen MR) is 77.2 cm³/mol.